The lowest BCUT2D eigenvalue weighted by atomic mass is 9.94. The van der Waals surface area contributed by atoms with Crippen molar-refractivity contribution in [1.82, 2.24) is 15.5 Å². The summed E-state index contributed by atoms with van der Waals surface area (Å²) in [6, 6.07) is 0. The van der Waals surface area contributed by atoms with Crippen LogP contribution in [0.25, 0.3) is 0 Å². The van der Waals surface area contributed by atoms with E-state index >= 15 is 0 Å². The van der Waals surface area contributed by atoms with Gasteiger partial charge in [-0.15, -0.1) is 0 Å². The van der Waals surface area contributed by atoms with Crippen molar-refractivity contribution in [2.24, 2.45) is 5.92 Å². The summed E-state index contributed by atoms with van der Waals surface area (Å²) in [5, 5.41) is 6.16. The van der Waals surface area contributed by atoms with Gasteiger partial charge in [0.2, 0.25) is 5.91 Å². The van der Waals surface area contributed by atoms with Crippen molar-refractivity contribution in [2.45, 2.75) is 32.6 Å². The Labute approximate surface area is 105 Å². The highest BCUT2D eigenvalue weighted by Crippen LogP contribution is 2.18. The van der Waals surface area contributed by atoms with Crippen molar-refractivity contribution in [3.63, 3.8) is 0 Å². The fourth-order valence-electron chi connectivity index (χ4n) is 2.27. The van der Waals surface area contributed by atoms with Crippen LogP contribution in [0.1, 0.15) is 32.6 Å². The molecule has 0 radical (unpaired) electrons. The molecule has 0 bridgehead atoms. The van der Waals surface area contributed by atoms with Gasteiger partial charge in [0.05, 0.1) is 0 Å². The average Bonchev–Trinajstić information content (AvgIpc) is 2.31. The van der Waals surface area contributed by atoms with Crippen LogP contribution in [0.3, 0.4) is 0 Å². The predicted molar refractivity (Wildman–Crippen MR) is 71.0 cm³/mol. The van der Waals surface area contributed by atoms with E-state index in [1.807, 2.05) is 6.92 Å². The number of carbonyl (C=O) groups excluding carboxylic acids is 1. The van der Waals surface area contributed by atoms with E-state index in [-0.39, 0.29) is 5.91 Å². The Hall–Kier alpha value is -0.610. The van der Waals surface area contributed by atoms with Crippen molar-refractivity contribution >= 4 is 5.91 Å². The molecule has 0 aliphatic carbocycles. The molecule has 0 unspecified atom stereocenters. The van der Waals surface area contributed by atoms with Gasteiger partial charge in [-0.3, -0.25) is 4.79 Å². The molecular weight excluding hydrogens is 214 g/mol. The maximum Gasteiger partial charge on any atom is 0.221 e. The highest BCUT2D eigenvalue weighted by atomic mass is 16.1. The van der Waals surface area contributed by atoms with Gasteiger partial charge in [0.1, 0.15) is 0 Å². The zero-order valence-electron chi connectivity index (χ0n) is 11.3. The SMILES string of the molecule is CCNC(=O)CCNCCC1CCN(C)CC1. The number of likely N-dealkylation sites (tertiary alicyclic amines) is 1. The average molecular weight is 241 g/mol. The molecule has 0 aromatic rings. The normalized spacial score (nSPS) is 18.2. The molecule has 4 heteroatoms. The second-order valence-corrected chi connectivity index (χ2v) is 4.99. The molecule has 1 aliphatic rings. The van der Waals surface area contributed by atoms with Crippen LogP contribution in [0.2, 0.25) is 0 Å². The highest BCUT2D eigenvalue weighted by molar-refractivity contribution is 5.75. The lowest BCUT2D eigenvalue weighted by Crippen LogP contribution is -2.32. The molecule has 4 nitrogen and oxygen atoms in total. The molecule has 2 N–H and O–H groups in total. The first-order chi connectivity index (χ1) is 8.22. The largest absolute Gasteiger partial charge is 0.356 e. The van der Waals surface area contributed by atoms with Crippen LogP contribution in [0.5, 0.6) is 0 Å². The van der Waals surface area contributed by atoms with Gasteiger partial charge in [-0.25, -0.2) is 0 Å². The first-order valence-corrected chi connectivity index (χ1v) is 6.88. The van der Waals surface area contributed by atoms with Gasteiger partial charge in [-0.2, -0.15) is 0 Å². The van der Waals surface area contributed by atoms with Gasteiger partial charge in [0, 0.05) is 19.5 Å². The van der Waals surface area contributed by atoms with Gasteiger partial charge in [-0.05, 0) is 58.8 Å². The first-order valence-electron chi connectivity index (χ1n) is 6.88. The lowest BCUT2D eigenvalue weighted by molar-refractivity contribution is -0.120. The van der Waals surface area contributed by atoms with Crippen molar-refractivity contribution in [2.75, 3.05) is 39.8 Å². The Bertz CT molecular complexity index is 213. The molecule has 1 heterocycles. The van der Waals surface area contributed by atoms with Crippen molar-refractivity contribution < 1.29 is 4.79 Å². The summed E-state index contributed by atoms with van der Waals surface area (Å²) in [7, 11) is 2.20. The minimum Gasteiger partial charge on any atom is -0.356 e. The van der Waals surface area contributed by atoms with Gasteiger partial charge in [0.25, 0.3) is 0 Å². The van der Waals surface area contributed by atoms with Gasteiger partial charge >= 0.3 is 0 Å². The van der Waals surface area contributed by atoms with E-state index in [0.29, 0.717) is 6.42 Å². The van der Waals surface area contributed by atoms with E-state index in [2.05, 4.69) is 22.6 Å². The Kier molecular flexibility index (Phi) is 7.21. The third kappa shape index (κ3) is 6.64. The van der Waals surface area contributed by atoms with Gasteiger partial charge < -0.3 is 15.5 Å². The van der Waals surface area contributed by atoms with Gasteiger partial charge in [-0.1, -0.05) is 0 Å². The van der Waals surface area contributed by atoms with E-state index < -0.39 is 0 Å². The Morgan fingerprint density at radius 3 is 2.65 bits per heavy atom. The van der Waals surface area contributed by atoms with E-state index in [9.17, 15) is 4.79 Å². The number of hydrogen-bond acceptors (Lipinski definition) is 3. The quantitative estimate of drug-likeness (QED) is 0.649. The maximum atomic E-state index is 11.2. The van der Waals surface area contributed by atoms with Crippen molar-refractivity contribution in [1.29, 1.82) is 0 Å². The highest BCUT2D eigenvalue weighted by Gasteiger charge is 2.15. The molecule has 0 aromatic carbocycles. The summed E-state index contributed by atoms with van der Waals surface area (Å²) >= 11 is 0. The molecule has 0 aromatic heterocycles. The Morgan fingerprint density at radius 2 is 2.00 bits per heavy atom. The topological polar surface area (TPSA) is 44.4 Å². The summed E-state index contributed by atoms with van der Waals surface area (Å²) in [6.07, 6.45) is 4.51. The Morgan fingerprint density at radius 1 is 1.29 bits per heavy atom. The van der Waals surface area contributed by atoms with Crippen LogP contribution in [-0.2, 0) is 4.79 Å². The molecule has 1 amide bonds. The third-order valence-electron chi connectivity index (χ3n) is 3.47. The number of amides is 1. The van der Waals surface area contributed by atoms with Crippen LogP contribution in [0, 0.1) is 5.92 Å². The minimum atomic E-state index is 0.152. The maximum absolute atomic E-state index is 11.2. The van der Waals surface area contributed by atoms with Crippen molar-refractivity contribution in [3.8, 4) is 0 Å². The fraction of sp³-hybridized carbons (Fsp3) is 0.923. The van der Waals surface area contributed by atoms with Crippen LogP contribution < -0.4 is 10.6 Å². The summed E-state index contributed by atoms with van der Waals surface area (Å²) in [4.78, 5) is 13.6. The summed E-state index contributed by atoms with van der Waals surface area (Å²) in [6.45, 7) is 7.01. The first kappa shape index (κ1) is 14.5. The van der Waals surface area contributed by atoms with E-state index in [1.54, 1.807) is 0 Å². The number of carbonyl (C=O) groups is 1. The second-order valence-electron chi connectivity index (χ2n) is 4.99. The summed E-state index contributed by atoms with van der Waals surface area (Å²) in [5.74, 6) is 1.03. The molecule has 1 fully saturated rings. The number of nitrogens with zero attached hydrogens (tertiary/aromatic N) is 1. The molecule has 1 rings (SSSR count). The molecule has 1 saturated heterocycles. The minimum absolute atomic E-state index is 0.152. The predicted octanol–water partition coefficient (Wildman–Crippen LogP) is 0.834. The lowest BCUT2D eigenvalue weighted by Gasteiger charge is -2.28. The van der Waals surface area contributed by atoms with Crippen molar-refractivity contribution in [3.05, 3.63) is 0 Å². The molecule has 100 valence electrons. The fourth-order valence-corrected chi connectivity index (χ4v) is 2.27. The number of nitrogens with one attached hydrogen (secondary N) is 2. The molecule has 0 spiro atoms. The van der Waals surface area contributed by atoms with Crippen LogP contribution >= 0.6 is 0 Å². The summed E-state index contributed by atoms with van der Waals surface area (Å²) in [5.41, 5.74) is 0. The molecular formula is C13H27N3O. The third-order valence-corrected chi connectivity index (χ3v) is 3.47. The number of hydrogen-bond donors (Lipinski definition) is 2. The zero-order chi connectivity index (χ0) is 12.5. The van der Waals surface area contributed by atoms with Crippen LogP contribution in [-0.4, -0.2) is 50.6 Å². The van der Waals surface area contributed by atoms with Crippen LogP contribution in [0.4, 0.5) is 0 Å². The molecule has 0 atom stereocenters. The second kappa shape index (κ2) is 8.48. The molecule has 1 aliphatic heterocycles. The Balaban J connectivity index is 1.92. The standard InChI is InChI=1S/C13H27N3O/c1-3-15-13(17)5-9-14-8-4-12-6-10-16(2)11-7-12/h12,14H,3-11H2,1-2H3,(H,15,17). The van der Waals surface area contributed by atoms with E-state index in [1.165, 1.54) is 32.4 Å². The van der Waals surface area contributed by atoms with E-state index in [4.69, 9.17) is 0 Å². The zero-order valence-corrected chi connectivity index (χ0v) is 11.3. The molecule has 0 saturated carbocycles. The van der Waals surface area contributed by atoms with Crippen LogP contribution in [0.15, 0.2) is 0 Å². The number of rotatable bonds is 7. The van der Waals surface area contributed by atoms with E-state index in [0.717, 1.165) is 25.6 Å². The van der Waals surface area contributed by atoms with Gasteiger partial charge in [0.15, 0.2) is 0 Å². The molecule has 17 heavy (non-hydrogen) atoms. The smallest absolute Gasteiger partial charge is 0.221 e. The summed E-state index contributed by atoms with van der Waals surface area (Å²) < 4.78 is 0. The monoisotopic (exact) mass is 241 g/mol. The number of piperidine rings is 1.